The third kappa shape index (κ3) is 6.73. The minimum absolute atomic E-state index is 0. The molecule has 20 heavy (non-hydrogen) atoms. The molecule has 0 fully saturated rings. The van der Waals surface area contributed by atoms with Gasteiger partial charge >= 0.3 is 0 Å². The van der Waals surface area contributed by atoms with Gasteiger partial charge in [0.25, 0.3) is 0 Å². The van der Waals surface area contributed by atoms with Crippen LogP contribution in [0.5, 0.6) is 5.75 Å². The van der Waals surface area contributed by atoms with Crippen molar-refractivity contribution in [3.05, 3.63) is 30.1 Å². The van der Waals surface area contributed by atoms with Gasteiger partial charge in [-0.3, -0.25) is 4.79 Å². The third-order valence-corrected chi connectivity index (χ3v) is 2.63. The van der Waals surface area contributed by atoms with Gasteiger partial charge in [-0.2, -0.15) is 0 Å². The lowest BCUT2D eigenvalue weighted by atomic mass is 10.1. The van der Waals surface area contributed by atoms with Crippen molar-refractivity contribution in [2.75, 3.05) is 6.54 Å². The number of halogens is 2. The van der Waals surface area contributed by atoms with Crippen LogP contribution >= 0.6 is 12.4 Å². The van der Waals surface area contributed by atoms with Crippen LogP contribution in [-0.2, 0) is 4.79 Å². The van der Waals surface area contributed by atoms with Crippen LogP contribution in [0.1, 0.15) is 26.7 Å². The Morgan fingerprint density at radius 2 is 2.20 bits per heavy atom. The first kappa shape index (κ1) is 18.7. The van der Waals surface area contributed by atoms with Gasteiger partial charge in [-0.15, -0.1) is 12.4 Å². The van der Waals surface area contributed by atoms with Gasteiger partial charge in [-0.25, -0.2) is 4.39 Å². The average molecular weight is 305 g/mol. The Morgan fingerprint density at radius 1 is 1.50 bits per heavy atom. The first-order valence-corrected chi connectivity index (χ1v) is 6.48. The summed E-state index contributed by atoms with van der Waals surface area (Å²) in [6.45, 7) is 4.12. The van der Waals surface area contributed by atoms with E-state index >= 15 is 0 Å². The summed E-state index contributed by atoms with van der Waals surface area (Å²) in [6.07, 6.45) is 1.27. The second-order valence-electron chi connectivity index (χ2n) is 4.53. The van der Waals surface area contributed by atoms with E-state index in [2.05, 4.69) is 5.32 Å². The smallest absolute Gasteiger partial charge is 0.237 e. The van der Waals surface area contributed by atoms with E-state index < -0.39 is 6.04 Å². The van der Waals surface area contributed by atoms with E-state index in [1.807, 2.05) is 6.92 Å². The maximum Gasteiger partial charge on any atom is 0.237 e. The van der Waals surface area contributed by atoms with Crippen molar-refractivity contribution >= 4 is 18.3 Å². The first-order chi connectivity index (χ1) is 9.02. The Labute approximate surface area is 125 Å². The van der Waals surface area contributed by atoms with Gasteiger partial charge in [0.05, 0.1) is 12.6 Å². The number of hydrogen-bond acceptors (Lipinski definition) is 3. The molecule has 0 aliphatic heterocycles. The molecule has 6 heteroatoms. The zero-order valence-corrected chi connectivity index (χ0v) is 12.6. The highest BCUT2D eigenvalue weighted by Gasteiger charge is 2.13. The van der Waals surface area contributed by atoms with Crippen LogP contribution in [-0.4, -0.2) is 24.6 Å². The molecule has 0 spiro atoms. The summed E-state index contributed by atoms with van der Waals surface area (Å²) in [5, 5.41) is 2.72. The molecular formula is C14H22ClFN2O2. The van der Waals surface area contributed by atoms with Crippen molar-refractivity contribution in [1.29, 1.82) is 0 Å². The van der Waals surface area contributed by atoms with Gasteiger partial charge in [0.15, 0.2) is 0 Å². The maximum absolute atomic E-state index is 13.0. The van der Waals surface area contributed by atoms with Gasteiger partial charge < -0.3 is 15.8 Å². The quantitative estimate of drug-likeness (QED) is 0.812. The van der Waals surface area contributed by atoms with Gasteiger partial charge in [0.1, 0.15) is 17.7 Å². The number of carbonyl (C=O) groups is 1. The van der Waals surface area contributed by atoms with Crippen molar-refractivity contribution in [2.45, 2.75) is 38.8 Å². The molecule has 0 aliphatic rings. The van der Waals surface area contributed by atoms with Crippen molar-refractivity contribution in [3.63, 3.8) is 0 Å². The molecule has 0 bridgehead atoms. The molecular weight excluding hydrogens is 283 g/mol. The van der Waals surface area contributed by atoms with Crippen molar-refractivity contribution in [3.8, 4) is 5.75 Å². The summed E-state index contributed by atoms with van der Waals surface area (Å²) >= 11 is 0. The zero-order chi connectivity index (χ0) is 14.3. The summed E-state index contributed by atoms with van der Waals surface area (Å²) in [5.41, 5.74) is 5.68. The SMILES string of the molecule is CCCC(N)C(=O)NCC(C)Oc1cccc(F)c1.Cl. The third-order valence-electron chi connectivity index (χ3n) is 2.63. The summed E-state index contributed by atoms with van der Waals surface area (Å²) in [5.74, 6) is -0.0881. The highest BCUT2D eigenvalue weighted by molar-refractivity contribution is 5.85. The Kier molecular flexibility index (Phi) is 8.92. The number of benzene rings is 1. The van der Waals surface area contributed by atoms with Crippen LogP contribution in [0.2, 0.25) is 0 Å². The van der Waals surface area contributed by atoms with E-state index in [1.54, 1.807) is 19.1 Å². The van der Waals surface area contributed by atoms with Crippen LogP contribution in [0.15, 0.2) is 24.3 Å². The largest absolute Gasteiger partial charge is 0.489 e. The van der Waals surface area contributed by atoms with Crippen molar-refractivity contribution in [1.82, 2.24) is 5.32 Å². The monoisotopic (exact) mass is 304 g/mol. The molecule has 114 valence electrons. The lowest BCUT2D eigenvalue weighted by molar-refractivity contribution is -0.122. The standard InChI is InChI=1S/C14H21FN2O2.ClH/c1-3-5-13(16)14(18)17-9-10(2)19-12-7-4-6-11(15)8-12;/h4,6-8,10,13H,3,5,9,16H2,1-2H3,(H,17,18);1H. The molecule has 2 unspecified atom stereocenters. The minimum Gasteiger partial charge on any atom is -0.489 e. The number of nitrogens with two attached hydrogens (primary N) is 1. The number of hydrogen-bond donors (Lipinski definition) is 2. The Balaban J connectivity index is 0.00000361. The summed E-state index contributed by atoms with van der Waals surface area (Å²) < 4.78 is 18.4. The van der Waals surface area contributed by atoms with E-state index in [1.165, 1.54) is 12.1 Å². The van der Waals surface area contributed by atoms with E-state index in [0.29, 0.717) is 18.7 Å². The molecule has 0 radical (unpaired) electrons. The van der Waals surface area contributed by atoms with Gasteiger partial charge in [0.2, 0.25) is 5.91 Å². The lowest BCUT2D eigenvalue weighted by Gasteiger charge is -2.17. The predicted molar refractivity (Wildman–Crippen MR) is 79.6 cm³/mol. The second-order valence-corrected chi connectivity index (χ2v) is 4.53. The van der Waals surface area contributed by atoms with E-state index in [0.717, 1.165) is 6.42 Å². The number of ether oxygens (including phenoxy) is 1. The molecule has 1 aromatic carbocycles. The van der Waals surface area contributed by atoms with Crippen LogP contribution in [0.3, 0.4) is 0 Å². The normalized spacial score (nSPS) is 13.0. The molecule has 4 nitrogen and oxygen atoms in total. The van der Waals surface area contributed by atoms with E-state index in [9.17, 15) is 9.18 Å². The molecule has 0 aliphatic carbocycles. The number of amides is 1. The van der Waals surface area contributed by atoms with Gasteiger partial charge in [-0.1, -0.05) is 19.4 Å². The zero-order valence-electron chi connectivity index (χ0n) is 11.8. The van der Waals surface area contributed by atoms with Crippen molar-refractivity contribution < 1.29 is 13.9 Å². The second kappa shape index (κ2) is 9.55. The average Bonchev–Trinajstić information content (AvgIpc) is 2.36. The first-order valence-electron chi connectivity index (χ1n) is 6.48. The van der Waals surface area contributed by atoms with Crippen LogP contribution < -0.4 is 15.8 Å². The molecule has 3 N–H and O–H groups in total. The Morgan fingerprint density at radius 3 is 2.80 bits per heavy atom. The molecule has 1 aromatic rings. The molecule has 1 amide bonds. The fraction of sp³-hybridized carbons (Fsp3) is 0.500. The van der Waals surface area contributed by atoms with Crippen LogP contribution in [0.25, 0.3) is 0 Å². The molecule has 1 rings (SSSR count). The van der Waals surface area contributed by atoms with Gasteiger partial charge in [-0.05, 0) is 25.5 Å². The summed E-state index contributed by atoms with van der Waals surface area (Å²) in [6, 6.07) is 5.42. The van der Waals surface area contributed by atoms with Crippen molar-refractivity contribution in [2.24, 2.45) is 5.73 Å². The maximum atomic E-state index is 13.0. The molecule has 0 saturated carbocycles. The molecule has 0 heterocycles. The summed E-state index contributed by atoms with van der Waals surface area (Å²) in [4.78, 5) is 11.6. The molecule has 2 atom stereocenters. The highest BCUT2D eigenvalue weighted by atomic mass is 35.5. The molecule has 0 saturated heterocycles. The Hall–Kier alpha value is -1.33. The molecule has 0 aromatic heterocycles. The van der Waals surface area contributed by atoms with Crippen LogP contribution in [0, 0.1) is 5.82 Å². The van der Waals surface area contributed by atoms with E-state index in [-0.39, 0.29) is 30.2 Å². The minimum atomic E-state index is -0.480. The number of rotatable bonds is 7. The fourth-order valence-corrected chi connectivity index (χ4v) is 1.63. The van der Waals surface area contributed by atoms with E-state index in [4.69, 9.17) is 10.5 Å². The summed E-state index contributed by atoms with van der Waals surface area (Å²) in [7, 11) is 0. The predicted octanol–water partition coefficient (Wildman–Crippen LogP) is 2.26. The Bertz CT molecular complexity index is 418. The fourth-order valence-electron chi connectivity index (χ4n) is 1.63. The number of carbonyl (C=O) groups excluding carboxylic acids is 1. The topological polar surface area (TPSA) is 64.4 Å². The van der Waals surface area contributed by atoms with Gasteiger partial charge in [0, 0.05) is 6.07 Å². The van der Waals surface area contributed by atoms with Crippen LogP contribution in [0.4, 0.5) is 4.39 Å². The lowest BCUT2D eigenvalue weighted by Crippen LogP contribution is -2.43. The highest BCUT2D eigenvalue weighted by Crippen LogP contribution is 2.13. The number of nitrogens with one attached hydrogen (secondary N) is 1.